The highest BCUT2D eigenvalue weighted by molar-refractivity contribution is 7.84. The summed E-state index contributed by atoms with van der Waals surface area (Å²) in [5.74, 6) is -1.27. The summed E-state index contributed by atoms with van der Waals surface area (Å²) >= 11 is 0. The predicted molar refractivity (Wildman–Crippen MR) is 66.9 cm³/mol. The molecular formula is C13H9NO4S. The molecular weight excluding hydrogens is 266 g/mol. The number of hydrogen-bond acceptors (Lipinski definition) is 4. The molecule has 6 heteroatoms. The van der Waals surface area contributed by atoms with Crippen LogP contribution in [0.2, 0.25) is 0 Å². The van der Waals surface area contributed by atoms with Gasteiger partial charge in [0.2, 0.25) is 5.76 Å². The molecule has 0 spiro atoms. The molecule has 1 unspecified atom stereocenters. The van der Waals surface area contributed by atoms with E-state index in [-0.39, 0.29) is 16.6 Å². The summed E-state index contributed by atoms with van der Waals surface area (Å²) in [6.45, 7) is 0. The summed E-state index contributed by atoms with van der Waals surface area (Å²) in [6, 6.07) is 11.4. The number of nitriles is 1. The molecule has 0 radical (unpaired) electrons. The zero-order valence-corrected chi connectivity index (χ0v) is 10.5. The molecule has 0 fully saturated rings. The van der Waals surface area contributed by atoms with Gasteiger partial charge in [-0.05, 0) is 29.8 Å². The molecule has 2 rings (SSSR count). The number of rotatable bonds is 4. The van der Waals surface area contributed by atoms with Crippen molar-refractivity contribution in [2.75, 3.05) is 0 Å². The Morgan fingerprint density at radius 2 is 2.16 bits per heavy atom. The van der Waals surface area contributed by atoms with Crippen LogP contribution in [-0.4, -0.2) is 15.3 Å². The molecule has 0 saturated heterocycles. The summed E-state index contributed by atoms with van der Waals surface area (Å²) < 4.78 is 17.0. The van der Waals surface area contributed by atoms with Crippen LogP contribution >= 0.6 is 0 Å². The van der Waals surface area contributed by atoms with Gasteiger partial charge in [-0.3, -0.25) is 4.21 Å². The smallest absolute Gasteiger partial charge is 0.371 e. The second kappa shape index (κ2) is 5.50. The van der Waals surface area contributed by atoms with Gasteiger partial charge >= 0.3 is 5.97 Å². The van der Waals surface area contributed by atoms with Crippen LogP contribution in [0.3, 0.4) is 0 Å². The van der Waals surface area contributed by atoms with Crippen molar-refractivity contribution in [1.82, 2.24) is 0 Å². The van der Waals surface area contributed by atoms with E-state index in [4.69, 9.17) is 14.8 Å². The number of carbonyl (C=O) groups is 1. The number of carboxylic acids is 1. The minimum atomic E-state index is -1.48. The second-order valence-corrected chi connectivity index (χ2v) is 5.11. The minimum absolute atomic E-state index is 0.111. The fourth-order valence-corrected chi connectivity index (χ4v) is 2.54. The van der Waals surface area contributed by atoms with Crippen molar-refractivity contribution in [3.63, 3.8) is 0 Å². The topological polar surface area (TPSA) is 91.3 Å². The largest absolute Gasteiger partial charge is 0.475 e. The van der Waals surface area contributed by atoms with Gasteiger partial charge in [-0.1, -0.05) is 12.1 Å². The van der Waals surface area contributed by atoms with Crippen LogP contribution in [0.5, 0.6) is 0 Å². The lowest BCUT2D eigenvalue weighted by atomic mass is 10.2. The Morgan fingerprint density at radius 3 is 2.79 bits per heavy atom. The molecule has 2 aromatic rings. The van der Waals surface area contributed by atoms with E-state index >= 15 is 0 Å². The minimum Gasteiger partial charge on any atom is -0.475 e. The van der Waals surface area contributed by atoms with E-state index < -0.39 is 16.8 Å². The molecule has 1 heterocycles. The van der Waals surface area contributed by atoms with E-state index in [0.717, 1.165) is 5.56 Å². The molecule has 1 N–H and O–H groups in total. The van der Waals surface area contributed by atoms with Gasteiger partial charge in [0, 0.05) is 0 Å². The normalized spacial score (nSPS) is 11.7. The molecule has 96 valence electrons. The molecule has 19 heavy (non-hydrogen) atoms. The van der Waals surface area contributed by atoms with Crippen molar-refractivity contribution in [3.8, 4) is 6.07 Å². The molecule has 0 aliphatic carbocycles. The van der Waals surface area contributed by atoms with Crippen LogP contribution in [0.15, 0.2) is 45.9 Å². The SMILES string of the molecule is N#Cc1cccc(CS(=O)c2ccc(C(=O)O)o2)c1. The Morgan fingerprint density at radius 1 is 1.37 bits per heavy atom. The molecule has 0 aliphatic heterocycles. The Kier molecular flexibility index (Phi) is 3.78. The third-order valence-electron chi connectivity index (χ3n) is 2.37. The fourth-order valence-electron chi connectivity index (χ4n) is 1.51. The summed E-state index contributed by atoms with van der Waals surface area (Å²) in [4.78, 5) is 10.6. The van der Waals surface area contributed by atoms with E-state index in [1.165, 1.54) is 12.1 Å². The molecule has 1 aromatic heterocycles. The second-order valence-electron chi connectivity index (χ2n) is 3.73. The lowest BCUT2D eigenvalue weighted by molar-refractivity contribution is 0.0656. The zero-order valence-electron chi connectivity index (χ0n) is 9.70. The van der Waals surface area contributed by atoms with Crippen molar-refractivity contribution in [3.05, 3.63) is 53.3 Å². The Balaban J connectivity index is 2.16. The van der Waals surface area contributed by atoms with Gasteiger partial charge in [0.1, 0.15) is 0 Å². The van der Waals surface area contributed by atoms with E-state index in [2.05, 4.69) is 0 Å². The maximum absolute atomic E-state index is 12.0. The number of furan rings is 1. The van der Waals surface area contributed by atoms with E-state index in [9.17, 15) is 9.00 Å². The molecule has 1 atom stereocenters. The Hall–Kier alpha value is -2.39. The first-order chi connectivity index (χ1) is 9.10. The van der Waals surface area contributed by atoms with Gasteiger partial charge < -0.3 is 9.52 Å². The highest BCUT2D eigenvalue weighted by Gasteiger charge is 2.14. The summed E-state index contributed by atoms with van der Waals surface area (Å²) in [6.07, 6.45) is 0. The van der Waals surface area contributed by atoms with Crippen molar-refractivity contribution < 1.29 is 18.5 Å². The molecule has 0 bridgehead atoms. The zero-order chi connectivity index (χ0) is 13.8. The summed E-state index contributed by atoms with van der Waals surface area (Å²) in [5, 5.41) is 17.6. The number of aromatic carboxylic acids is 1. The number of benzene rings is 1. The fraction of sp³-hybridized carbons (Fsp3) is 0.0769. The van der Waals surface area contributed by atoms with E-state index in [1.807, 2.05) is 6.07 Å². The van der Waals surface area contributed by atoms with Crippen molar-refractivity contribution in [1.29, 1.82) is 5.26 Å². The van der Waals surface area contributed by atoms with Gasteiger partial charge in [-0.15, -0.1) is 0 Å². The van der Waals surface area contributed by atoms with Gasteiger partial charge in [0.15, 0.2) is 5.09 Å². The monoisotopic (exact) mass is 275 g/mol. The summed E-state index contributed by atoms with van der Waals surface area (Å²) in [7, 11) is -1.48. The highest BCUT2D eigenvalue weighted by Crippen LogP contribution is 2.16. The summed E-state index contributed by atoms with van der Waals surface area (Å²) in [5.41, 5.74) is 1.21. The highest BCUT2D eigenvalue weighted by atomic mass is 32.2. The first-order valence-corrected chi connectivity index (χ1v) is 6.62. The third-order valence-corrected chi connectivity index (χ3v) is 3.63. The number of carboxylic acid groups (broad SMARTS) is 1. The first-order valence-electron chi connectivity index (χ1n) is 5.30. The van der Waals surface area contributed by atoms with Crippen LogP contribution < -0.4 is 0 Å². The van der Waals surface area contributed by atoms with Crippen LogP contribution in [0.25, 0.3) is 0 Å². The van der Waals surface area contributed by atoms with E-state index in [0.29, 0.717) is 5.56 Å². The maximum atomic E-state index is 12.0. The van der Waals surface area contributed by atoms with Crippen LogP contribution in [0, 0.1) is 11.3 Å². The Labute approximate surface area is 111 Å². The van der Waals surface area contributed by atoms with Crippen LogP contribution in [-0.2, 0) is 16.6 Å². The average Bonchev–Trinajstić information content (AvgIpc) is 2.89. The molecule has 1 aromatic carbocycles. The lowest BCUT2D eigenvalue weighted by Crippen LogP contribution is -1.96. The van der Waals surface area contributed by atoms with Crippen LogP contribution in [0.4, 0.5) is 0 Å². The average molecular weight is 275 g/mol. The third kappa shape index (κ3) is 3.09. The molecule has 0 aliphatic rings. The molecule has 0 saturated carbocycles. The van der Waals surface area contributed by atoms with Crippen molar-refractivity contribution in [2.45, 2.75) is 10.8 Å². The number of hydrogen-bond donors (Lipinski definition) is 1. The Bertz CT molecular complexity index is 684. The standard InChI is InChI=1S/C13H9NO4S/c14-7-9-2-1-3-10(6-9)8-19(17)12-5-4-11(18-12)13(15)16/h1-6H,8H2,(H,15,16). The van der Waals surface area contributed by atoms with Gasteiger partial charge in [-0.2, -0.15) is 5.26 Å². The van der Waals surface area contributed by atoms with Crippen molar-refractivity contribution in [2.24, 2.45) is 0 Å². The quantitative estimate of drug-likeness (QED) is 0.923. The maximum Gasteiger partial charge on any atom is 0.371 e. The van der Waals surface area contributed by atoms with Gasteiger partial charge in [0.25, 0.3) is 0 Å². The lowest BCUT2D eigenvalue weighted by Gasteiger charge is -2.00. The first kappa shape index (κ1) is 13.1. The van der Waals surface area contributed by atoms with Gasteiger partial charge in [-0.25, -0.2) is 4.79 Å². The van der Waals surface area contributed by atoms with E-state index in [1.54, 1.807) is 24.3 Å². The predicted octanol–water partition coefficient (Wildman–Crippen LogP) is 2.16. The number of nitrogens with zero attached hydrogens (tertiary/aromatic N) is 1. The molecule has 5 nitrogen and oxygen atoms in total. The van der Waals surface area contributed by atoms with Gasteiger partial charge in [0.05, 0.1) is 28.2 Å². The van der Waals surface area contributed by atoms with Crippen LogP contribution in [0.1, 0.15) is 21.7 Å². The van der Waals surface area contributed by atoms with Crippen molar-refractivity contribution >= 4 is 16.8 Å². The molecule has 0 amide bonds.